The van der Waals surface area contributed by atoms with Crippen molar-refractivity contribution in [1.29, 1.82) is 0 Å². The summed E-state index contributed by atoms with van der Waals surface area (Å²) in [4.78, 5) is 28.0. The molecule has 10 heteroatoms. The minimum Gasteiger partial charge on any atom is -0.493 e. The molecule has 0 saturated carbocycles. The molecule has 0 aliphatic rings. The second-order valence-electron chi connectivity index (χ2n) is 7.53. The Balaban J connectivity index is 1.57. The van der Waals surface area contributed by atoms with Gasteiger partial charge < -0.3 is 9.47 Å². The third kappa shape index (κ3) is 5.38. The number of aryl methyl sites for hydroxylation is 1. The smallest absolute Gasteiger partial charge is 0.282 e. The Morgan fingerprint density at radius 1 is 1.11 bits per heavy atom. The number of nitro groups is 1. The van der Waals surface area contributed by atoms with Gasteiger partial charge in [-0.25, -0.2) is 4.98 Å². The molecule has 0 fully saturated rings. The van der Waals surface area contributed by atoms with E-state index in [2.05, 4.69) is 26.0 Å². The van der Waals surface area contributed by atoms with E-state index in [1.807, 2.05) is 13.0 Å². The zero-order valence-corrected chi connectivity index (χ0v) is 20.6. The van der Waals surface area contributed by atoms with Crippen LogP contribution in [0, 0.1) is 10.1 Å². The maximum Gasteiger partial charge on any atom is 0.282 e. The number of nitro benzene ring substituents is 1. The highest BCUT2D eigenvalue weighted by molar-refractivity contribution is 9.10. The van der Waals surface area contributed by atoms with Crippen LogP contribution < -0.4 is 15.0 Å². The molecule has 0 bridgehead atoms. The van der Waals surface area contributed by atoms with Gasteiger partial charge in [-0.05, 0) is 59.7 Å². The molecule has 0 aliphatic heterocycles. The lowest BCUT2D eigenvalue weighted by atomic mass is 10.2. The quantitative estimate of drug-likeness (QED) is 0.176. The molecule has 0 unspecified atom stereocenters. The van der Waals surface area contributed by atoms with Crippen LogP contribution >= 0.6 is 15.9 Å². The van der Waals surface area contributed by atoms with Crippen molar-refractivity contribution in [2.45, 2.75) is 20.0 Å². The first-order chi connectivity index (χ1) is 16.9. The van der Waals surface area contributed by atoms with Gasteiger partial charge in [0.05, 0.1) is 29.2 Å². The van der Waals surface area contributed by atoms with Gasteiger partial charge in [-0.2, -0.15) is 9.78 Å². The molecular weight excluding hydrogens is 516 g/mol. The first kappa shape index (κ1) is 24.1. The van der Waals surface area contributed by atoms with Crippen molar-refractivity contribution >= 4 is 38.7 Å². The summed E-state index contributed by atoms with van der Waals surface area (Å²) in [5.41, 5.74) is 1.88. The molecule has 0 aliphatic carbocycles. The lowest BCUT2D eigenvalue weighted by molar-refractivity contribution is -0.384. The number of hydrogen-bond donors (Lipinski definition) is 0. The van der Waals surface area contributed by atoms with Crippen LogP contribution in [0.3, 0.4) is 0 Å². The summed E-state index contributed by atoms with van der Waals surface area (Å²) in [6, 6.07) is 16.8. The summed E-state index contributed by atoms with van der Waals surface area (Å²) in [6.07, 6.45) is 2.10. The molecule has 4 rings (SSSR count). The molecule has 0 radical (unpaired) electrons. The highest BCUT2D eigenvalue weighted by atomic mass is 79.9. The molecular formula is C25H21BrN4O5. The summed E-state index contributed by atoms with van der Waals surface area (Å²) in [6.45, 7) is 2.13. The van der Waals surface area contributed by atoms with Crippen LogP contribution in [-0.4, -0.2) is 27.9 Å². The van der Waals surface area contributed by atoms with E-state index in [1.165, 1.54) is 23.9 Å². The largest absolute Gasteiger partial charge is 0.493 e. The number of methoxy groups -OCH3 is 1. The summed E-state index contributed by atoms with van der Waals surface area (Å²) in [5, 5.41) is 15.7. The van der Waals surface area contributed by atoms with Crippen molar-refractivity contribution in [3.8, 4) is 11.5 Å². The van der Waals surface area contributed by atoms with Crippen molar-refractivity contribution in [3.05, 3.63) is 103 Å². The van der Waals surface area contributed by atoms with Gasteiger partial charge in [-0.15, -0.1) is 0 Å². The molecule has 4 aromatic rings. The number of rotatable bonds is 8. The number of ether oxygens (including phenoxy) is 2. The molecule has 0 saturated heterocycles. The van der Waals surface area contributed by atoms with E-state index in [0.717, 1.165) is 10.0 Å². The SMILES string of the molecule is CCc1nc2ccc(Br)cc2c(=O)n1N=Cc1ccc(OCc2ccc([N+](=O)[O-])cc2)c(OC)c1. The molecule has 3 aromatic carbocycles. The number of non-ortho nitro benzene ring substituents is 1. The molecule has 35 heavy (non-hydrogen) atoms. The fourth-order valence-corrected chi connectivity index (χ4v) is 3.79. The summed E-state index contributed by atoms with van der Waals surface area (Å²) >= 11 is 3.39. The number of hydrogen-bond acceptors (Lipinski definition) is 7. The maximum atomic E-state index is 13.0. The van der Waals surface area contributed by atoms with Gasteiger partial charge in [0.15, 0.2) is 11.5 Å². The zero-order valence-electron chi connectivity index (χ0n) is 19.0. The Bertz CT molecular complexity index is 1480. The molecule has 9 nitrogen and oxygen atoms in total. The van der Waals surface area contributed by atoms with Crippen molar-refractivity contribution in [3.63, 3.8) is 0 Å². The van der Waals surface area contributed by atoms with Crippen molar-refractivity contribution in [2.24, 2.45) is 5.10 Å². The number of halogens is 1. The Morgan fingerprint density at radius 3 is 2.57 bits per heavy atom. The third-order valence-electron chi connectivity index (χ3n) is 5.24. The van der Waals surface area contributed by atoms with E-state index < -0.39 is 4.92 Å². The van der Waals surface area contributed by atoms with Gasteiger partial charge in [0, 0.05) is 23.0 Å². The molecule has 0 amide bonds. The normalized spacial score (nSPS) is 11.2. The van der Waals surface area contributed by atoms with E-state index in [1.54, 1.807) is 48.7 Å². The second-order valence-corrected chi connectivity index (χ2v) is 8.44. The fraction of sp³-hybridized carbons (Fsp3) is 0.160. The van der Waals surface area contributed by atoms with Crippen LogP contribution in [0.2, 0.25) is 0 Å². The number of benzene rings is 3. The molecule has 0 spiro atoms. The predicted octanol–water partition coefficient (Wildman–Crippen LogP) is 5.10. The lowest BCUT2D eigenvalue weighted by Crippen LogP contribution is -2.22. The van der Waals surface area contributed by atoms with E-state index in [9.17, 15) is 14.9 Å². The zero-order chi connectivity index (χ0) is 24.9. The van der Waals surface area contributed by atoms with Gasteiger partial charge in [-0.3, -0.25) is 14.9 Å². The summed E-state index contributed by atoms with van der Waals surface area (Å²) in [7, 11) is 1.53. The van der Waals surface area contributed by atoms with E-state index in [4.69, 9.17) is 9.47 Å². The average Bonchev–Trinajstić information content (AvgIpc) is 2.87. The fourth-order valence-electron chi connectivity index (χ4n) is 3.43. The molecule has 178 valence electrons. The molecule has 1 heterocycles. The van der Waals surface area contributed by atoms with Gasteiger partial charge in [0.25, 0.3) is 11.2 Å². The van der Waals surface area contributed by atoms with Crippen LogP contribution in [0.15, 0.2) is 75.0 Å². The minimum absolute atomic E-state index is 0.0227. The van der Waals surface area contributed by atoms with Crippen molar-refractivity contribution in [2.75, 3.05) is 7.11 Å². The lowest BCUT2D eigenvalue weighted by Gasteiger charge is -2.11. The predicted molar refractivity (Wildman–Crippen MR) is 136 cm³/mol. The summed E-state index contributed by atoms with van der Waals surface area (Å²) < 4.78 is 13.4. The average molecular weight is 537 g/mol. The number of nitrogens with zero attached hydrogens (tertiary/aromatic N) is 4. The maximum absolute atomic E-state index is 13.0. The number of fused-ring (bicyclic) bond motifs is 1. The highest BCUT2D eigenvalue weighted by Crippen LogP contribution is 2.28. The van der Waals surface area contributed by atoms with Crippen LogP contribution in [0.25, 0.3) is 10.9 Å². The monoisotopic (exact) mass is 536 g/mol. The Labute approximate surface area is 208 Å². The van der Waals surface area contributed by atoms with E-state index >= 15 is 0 Å². The van der Waals surface area contributed by atoms with E-state index in [0.29, 0.717) is 40.2 Å². The standard InChI is InChI=1S/C25H21BrN4O5/c1-3-24-28-21-10-7-18(26)13-20(21)25(31)29(24)27-14-17-6-11-22(23(12-17)34-2)35-15-16-4-8-19(9-5-16)30(32)33/h4-14H,3,15H2,1-2H3. The molecule has 1 aromatic heterocycles. The Kier molecular flexibility index (Phi) is 7.21. The second kappa shape index (κ2) is 10.5. The molecule has 0 atom stereocenters. The van der Waals surface area contributed by atoms with Crippen LogP contribution in [0.4, 0.5) is 5.69 Å². The van der Waals surface area contributed by atoms with Gasteiger partial charge >= 0.3 is 0 Å². The minimum atomic E-state index is -0.446. The highest BCUT2D eigenvalue weighted by Gasteiger charge is 2.11. The van der Waals surface area contributed by atoms with Gasteiger partial charge in [0.1, 0.15) is 12.4 Å². The van der Waals surface area contributed by atoms with Crippen LogP contribution in [0.5, 0.6) is 11.5 Å². The molecule has 0 N–H and O–H groups in total. The first-order valence-electron chi connectivity index (χ1n) is 10.7. The topological polar surface area (TPSA) is 109 Å². The summed E-state index contributed by atoms with van der Waals surface area (Å²) in [5.74, 6) is 1.54. The Morgan fingerprint density at radius 2 is 1.89 bits per heavy atom. The van der Waals surface area contributed by atoms with Gasteiger partial charge in [0.2, 0.25) is 0 Å². The Hall–Kier alpha value is -4.05. The first-order valence-corrected chi connectivity index (χ1v) is 11.5. The van der Waals surface area contributed by atoms with E-state index in [-0.39, 0.29) is 17.9 Å². The van der Waals surface area contributed by atoms with Crippen molar-refractivity contribution in [1.82, 2.24) is 9.66 Å². The van der Waals surface area contributed by atoms with Crippen LogP contribution in [0.1, 0.15) is 23.9 Å². The van der Waals surface area contributed by atoms with Crippen LogP contribution in [-0.2, 0) is 13.0 Å². The number of aromatic nitrogens is 2. The van der Waals surface area contributed by atoms with Crippen molar-refractivity contribution < 1.29 is 14.4 Å². The third-order valence-corrected chi connectivity index (χ3v) is 5.74. The van der Waals surface area contributed by atoms with Gasteiger partial charge in [-0.1, -0.05) is 22.9 Å².